The summed E-state index contributed by atoms with van der Waals surface area (Å²) in [6.07, 6.45) is -0.700. The number of hydrogen-bond donors (Lipinski definition) is 1. The molecule has 0 radical (unpaired) electrons. The first-order valence-corrected chi connectivity index (χ1v) is 11.7. The van der Waals surface area contributed by atoms with Crippen LogP contribution in [-0.2, 0) is 20.3 Å². The van der Waals surface area contributed by atoms with E-state index < -0.39 is 26.9 Å². The van der Waals surface area contributed by atoms with Gasteiger partial charge in [-0.3, -0.25) is 4.57 Å². The highest BCUT2D eigenvalue weighted by Crippen LogP contribution is 2.33. The van der Waals surface area contributed by atoms with Crippen LogP contribution in [0.3, 0.4) is 0 Å². The van der Waals surface area contributed by atoms with Crippen LogP contribution >= 0.6 is 0 Å². The van der Waals surface area contributed by atoms with Gasteiger partial charge < -0.3 is 19.0 Å². The second kappa shape index (κ2) is 8.45. The number of rotatable bonds is 6. The van der Waals surface area contributed by atoms with Crippen molar-refractivity contribution in [3.63, 3.8) is 0 Å². The first kappa shape index (κ1) is 21.5. The topological polar surface area (TPSA) is 117 Å². The van der Waals surface area contributed by atoms with Crippen LogP contribution < -0.4 is 4.74 Å². The summed E-state index contributed by atoms with van der Waals surface area (Å²) >= 11 is 0. The number of sulfone groups is 1. The molecule has 0 aliphatic carbocycles. The Morgan fingerprint density at radius 1 is 1.23 bits per heavy atom. The molecule has 1 aromatic carbocycles. The second-order valence-electron chi connectivity index (χ2n) is 7.59. The maximum atomic E-state index is 13.2. The second-order valence-corrected chi connectivity index (χ2v) is 9.81. The molecule has 166 valence electrons. The lowest BCUT2D eigenvalue weighted by atomic mass is 10.1. The molecule has 31 heavy (non-hydrogen) atoms. The number of furan rings is 1. The Morgan fingerprint density at radius 2 is 2.03 bits per heavy atom. The van der Waals surface area contributed by atoms with Crippen LogP contribution in [0.15, 0.2) is 34.7 Å². The molecule has 4 rings (SSSR count). The Hall–Kier alpha value is -2.69. The standard InChI is InChI=1S/C21H25N3O6S/c1-13-5-4-6-16(28-3)20(13)24-19(22-23-21(24)17-8-7-14(2)30-17)12-31(26,27)18-11-29-10-9-15(18)25/h4-8,15,18,25H,9-12H2,1-3H3/t15-,18+/m1/s1. The van der Waals surface area contributed by atoms with Crippen molar-refractivity contribution in [1.29, 1.82) is 0 Å². The van der Waals surface area contributed by atoms with Crippen molar-refractivity contribution in [2.24, 2.45) is 0 Å². The first-order chi connectivity index (χ1) is 14.8. The van der Waals surface area contributed by atoms with E-state index in [9.17, 15) is 13.5 Å². The van der Waals surface area contributed by atoms with Gasteiger partial charge in [0.25, 0.3) is 0 Å². The van der Waals surface area contributed by atoms with Gasteiger partial charge in [0.05, 0.1) is 25.5 Å². The van der Waals surface area contributed by atoms with Crippen molar-refractivity contribution in [3.8, 4) is 23.0 Å². The molecule has 3 aromatic rings. The smallest absolute Gasteiger partial charge is 0.204 e. The molecule has 1 saturated heterocycles. The summed E-state index contributed by atoms with van der Waals surface area (Å²) in [5.74, 6) is 1.85. The lowest BCUT2D eigenvalue weighted by molar-refractivity contribution is 0.0175. The number of aromatic nitrogens is 3. The Morgan fingerprint density at radius 3 is 2.71 bits per heavy atom. The van der Waals surface area contributed by atoms with Crippen LogP contribution in [0.1, 0.15) is 23.6 Å². The number of benzene rings is 1. The molecule has 1 fully saturated rings. The summed E-state index contributed by atoms with van der Waals surface area (Å²) in [7, 11) is -2.23. The van der Waals surface area contributed by atoms with E-state index in [4.69, 9.17) is 13.9 Å². The van der Waals surface area contributed by atoms with E-state index in [0.29, 0.717) is 35.4 Å². The molecule has 1 N–H and O–H groups in total. The lowest BCUT2D eigenvalue weighted by Gasteiger charge is -2.27. The molecule has 3 heterocycles. The highest BCUT2D eigenvalue weighted by atomic mass is 32.2. The predicted molar refractivity (Wildman–Crippen MR) is 113 cm³/mol. The third-order valence-corrected chi connectivity index (χ3v) is 7.43. The minimum atomic E-state index is -3.78. The zero-order valence-electron chi connectivity index (χ0n) is 17.6. The molecule has 0 unspecified atom stereocenters. The maximum absolute atomic E-state index is 13.2. The van der Waals surface area contributed by atoms with E-state index in [-0.39, 0.29) is 18.9 Å². The zero-order valence-corrected chi connectivity index (χ0v) is 18.4. The van der Waals surface area contributed by atoms with E-state index in [1.807, 2.05) is 26.0 Å². The number of nitrogens with zero attached hydrogens (tertiary/aromatic N) is 3. The maximum Gasteiger partial charge on any atom is 0.204 e. The Labute approximate surface area is 180 Å². The summed E-state index contributed by atoms with van der Waals surface area (Å²) in [4.78, 5) is 0. The van der Waals surface area contributed by atoms with Crippen LogP contribution in [0.25, 0.3) is 17.3 Å². The highest BCUT2D eigenvalue weighted by Gasteiger charge is 2.37. The fraction of sp³-hybridized carbons (Fsp3) is 0.429. The lowest BCUT2D eigenvalue weighted by Crippen LogP contribution is -2.43. The third-order valence-electron chi connectivity index (χ3n) is 5.40. The van der Waals surface area contributed by atoms with Crippen molar-refractivity contribution in [2.75, 3.05) is 20.3 Å². The average molecular weight is 448 g/mol. The van der Waals surface area contributed by atoms with Crippen molar-refractivity contribution in [1.82, 2.24) is 14.8 Å². The molecule has 1 aliphatic heterocycles. The van der Waals surface area contributed by atoms with E-state index in [1.165, 1.54) is 0 Å². The van der Waals surface area contributed by atoms with Crippen LogP contribution in [0, 0.1) is 13.8 Å². The summed E-state index contributed by atoms with van der Waals surface area (Å²) in [6.45, 7) is 4.00. The average Bonchev–Trinajstić information content (AvgIpc) is 3.33. The SMILES string of the molecule is COc1cccc(C)c1-n1c(CS(=O)(=O)[C@H]2COCC[C@H]2O)nnc1-c1ccc(C)o1. The molecule has 0 spiro atoms. The Balaban J connectivity index is 1.86. The molecule has 9 nitrogen and oxygen atoms in total. The fourth-order valence-corrected chi connectivity index (χ4v) is 5.45. The van der Waals surface area contributed by atoms with Crippen LogP contribution in [0.2, 0.25) is 0 Å². The fourth-order valence-electron chi connectivity index (χ4n) is 3.77. The van der Waals surface area contributed by atoms with E-state index in [2.05, 4.69) is 10.2 Å². The summed E-state index contributed by atoms with van der Waals surface area (Å²) in [6, 6.07) is 9.10. The van der Waals surface area contributed by atoms with Gasteiger partial charge in [0.15, 0.2) is 21.4 Å². The Bertz CT molecular complexity index is 1180. The number of aliphatic hydroxyl groups excluding tert-OH is 1. The molecule has 10 heteroatoms. The third kappa shape index (κ3) is 4.10. The van der Waals surface area contributed by atoms with Gasteiger partial charge >= 0.3 is 0 Å². The minimum absolute atomic E-state index is 0.0461. The number of aryl methyl sites for hydroxylation is 2. The molecular formula is C21H25N3O6S. The van der Waals surface area contributed by atoms with Crippen molar-refractivity contribution in [3.05, 3.63) is 47.5 Å². The van der Waals surface area contributed by atoms with Crippen LogP contribution in [0.4, 0.5) is 0 Å². The molecule has 2 atom stereocenters. The van der Waals surface area contributed by atoms with Gasteiger partial charge in [-0.25, -0.2) is 8.42 Å². The quantitative estimate of drug-likeness (QED) is 0.611. The first-order valence-electron chi connectivity index (χ1n) is 9.94. The molecular weight excluding hydrogens is 422 g/mol. The van der Waals surface area contributed by atoms with Crippen molar-refractivity contribution in [2.45, 2.75) is 37.4 Å². The molecule has 0 bridgehead atoms. The normalized spacial score (nSPS) is 19.5. The summed E-state index contributed by atoms with van der Waals surface area (Å²) in [5.41, 5.74) is 1.48. The largest absolute Gasteiger partial charge is 0.495 e. The molecule has 2 aromatic heterocycles. The van der Waals surface area contributed by atoms with E-state index in [1.54, 1.807) is 29.9 Å². The molecule has 1 aliphatic rings. The van der Waals surface area contributed by atoms with Crippen LogP contribution in [0.5, 0.6) is 5.75 Å². The van der Waals surface area contributed by atoms with Gasteiger partial charge in [-0.05, 0) is 44.0 Å². The van der Waals surface area contributed by atoms with Gasteiger partial charge in [-0.15, -0.1) is 10.2 Å². The predicted octanol–water partition coefficient (Wildman–Crippen LogP) is 2.22. The van der Waals surface area contributed by atoms with E-state index in [0.717, 1.165) is 5.56 Å². The van der Waals surface area contributed by atoms with Crippen LogP contribution in [-0.4, -0.2) is 60.0 Å². The van der Waals surface area contributed by atoms with Gasteiger partial charge in [0, 0.05) is 6.61 Å². The van der Waals surface area contributed by atoms with Gasteiger partial charge in [0.1, 0.15) is 22.5 Å². The number of para-hydroxylation sites is 1. The number of aliphatic hydroxyl groups is 1. The number of ether oxygens (including phenoxy) is 2. The summed E-state index contributed by atoms with van der Waals surface area (Å²) in [5, 5.41) is 17.7. The van der Waals surface area contributed by atoms with E-state index >= 15 is 0 Å². The van der Waals surface area contributed by atoms with Crippen molar-refractivity contribution >= 4 is 9.84 Å². The van der Waals surface area contributed by atoms with Gasteiger partial charge in [-0.2, -0.15) is 0 Å². The summed E-state index contributed by atoms with van der Waals surface area (Å²) < 4.78 is 44.6. The monoisotopic (exact) mass is 447 g/mol. The van der Waals surface area contributed by atoms with Crippen molar-refractivity contribution < 1.29 is 27.4 Å². The van der Waals surface area contributed by atoms with Gasteiger partial charge in [0.2, 0.25) is 5.82 Å². The highest BCUT2D eigenvalue weighted by molar-refractivity contribution is 7.91. The molecule has 0 saturated carbocycles. The van der Waals surface area contributed by atoms with Gasteiger partial charge in [-0.1, -0.05) is 12.1 Å². The molecule has 0 amide bonds. The Kier molecular flexibility index (Phi) is 5.87. The number of methoxy groups -OCH3 is 1. The zero-order chi connectivity index (χ0) is 22.2. The minimum Gasteiger partial charge on any atom is -0.495 e. The number of hydrogen-bond acceptors (Lipinski definition) is 8.